The fourth-order valence-electron chi connectivity index (χ4n) is 1.74. The third kappa shape index (κ3) is 3.34. The second-order valence-corrected chi connectivity index (χ2v) is 5.05. The Labute approximate surface area is 133 Å². The van der Waals surface area contributed by atoms with Gasteiger partial charge in [0.15, 0.2) is 0 Å². The summed E-state index contributed by atoms with van der Waals surface area (Å²) in [6.07, 6.45) is -3.86. The van der Waals surface area contributed by atoms with Gasteiger partial charge in [0.1, 0.15) is 0 Å². The van der Waals surface area contributed by atoms with Crippen molar-refractivity contribution in [2.45, 2.75) is 6.18 Å². The molecule has 0 saturated carbocycles. The maximum atomic E-state index is 12.6. The zero-order valence-electron chi connectivity index (χ0n) is 11.0. The maximum absolute atomic E-state index is 12.6. The van der Waals surface area contributed by atoms with Gasteiger partial charge in [0.2, 0.25) is 0 Å². The van der Waals surface area contributed by atoms with Gasteiger partial charge < -0.3 is 4.74 Å². The zero-order chi connectivity index (χ0) is 16.5. The van der Waals surface area contributed by atoms with Crippen LogP contribution in [0.1, 0.15) is 15.9 Å². The Kier molecular flexibility index (Phi) is 4.63. The molecule has 2 aromatic rings. The summed E-state index contributed by atoms with van der Waals surface area (Å²) in [5.74, 6) is -0.671. The van der Waals surface area contributed by atoms with Crippen molar-refractivity contribution in [3.63, 3.8) is 0 Å². The van der Waals surface area contributed by atoms with E-state index in [1.165, 1.54) is 25.3 Å². The van der Waals surface area contributed by atoms with Crippen LogP contribution in [0.5, 0.6) is 0 Å². The number of ether oxygens (including phenoxy) is 1. The topological polar surface area (TPSA) is 39.2 Å². The van der Waals surface area contributed by atoms with E-state index in [0.29, 0.717) is 11.8 Å². The van der Waals surface area contributed by atoms with Gasteiger partial charge in [-0.1, -0.05) is 29.3 Å². The first-order chi connectivity index (χ1) is 10.2. The van der Waals surface area contributed by atoms with Crippen LogP contribution in [-0.4, -0.2) is 18.1 Å². The van der Waals surface area contributed by atoms with Crippen LogP contribution < -0.4 is 0 Å². The Morgan fingerprint density at radius 1 is 1.18 bits per heavy atom. The molecule has 2 rings (SSSR count). The number of hydrogen-bond donors (Lipinski definition) is 0. The Balaban J connectivity index is 2.51. The molecule has 8 heteroatoms. The van der Waals surface area contributed by atoms with Crippen LogP contribution in [0.2, 0.25) is 10.0 Å². The van der Waals surface area contributed by atoms with E-state index >= 15 is 0 Å². The van der Waals surface area contributed by atoms with Crippen LogP contribution in [0.15, 0.2) is 30.5 Å². The lowest BCUT2D eigenvalue weighted by atomic mass is 10.1. The molecule has 0 atom stereocenters. The normalized spacial score (nSPS) is 11.4. The quantitative estimate of drug-likeness (QED) is 0.726. The number of carbonyl (C=O) groups is 1. The van der Waals surface area contributed by atoms with E-state index in [0.717, 1.165) is 6.07 Å². The Bertz CT molecular complexity index is 733. The highest BCUT2D eigenvalue weighted by atomic mass is 35.5. The molecule has 0 N–H and O–H groups in total. The van der Waals surface area contributed by atoms with E-state index in [1.807, 2.05) is 0 Å². The summed E-state index contributed by atoms with van der Waals surface area (Å²) < 4.78 is 42.4. The zero-order valence-corrected chi connectivity index (χ0v) is 12.6. The van der Waals surface area contributed by atoms with Crippen LogP contribution in [0.3, 0.4) is 0 Å². The number of pyridine rings is 1. The van der Waals surface area contributed by atoms with Crippen molar-refractivity contribution in [1.29, 1.82) is 0 Å². The Hall–Kier alpha value is -1.79. The molecule has 1 aromatic heterocycles. The average molecular weight is 350 g/mol. The number of aromatic nitrogens is 1. The first-order valence-electron chi connectivity index (χ1n) is 5.85. The first-order valence-corrected chi connectivity index (χ1v) is 6.60. The van der Waals surface area contributed by atoms with Crippen molar-refractivity contribution >= 4 is 29.2 Å². The second-order valence-electron chi connectivity index (χ2n) is 4.24. The number of methoxy groups -OCH3 is 1. The van der Waals surface area contributed by atoms with Gasteiger partial charge >= 0.3 is 12.1 Å². The van der Waals surface area contributed by atoms with Gasteiger partial charge in [0.25, 0.3) is 0 Å². The summed E-state index contributed by atoms with van der Waals surface area (Å²) in [5, 5.41) is -0.0356. The number of esters is 1. The Morgan fingerprint density at radius 3 is 2.41 bits per heavy atom. The van der Waals surface area contributed by atoms with Crippen LogP contribution in [0.4, 0.5) is 13.2 Å². The first kappa shape index (κ1) is 16.6. The smallest absolute Gasteiger partial charge is 0.417 e. The third-order valence-corrected chi connectivity index (χ3v) is 3.43. The lowest BCUT2D eigenvalue weighted by Crippen LogP contribution is -2.06. The van der Waals surface area contributed by atoms with Crippen LogP contribution in [0, 0.1) is 0 Å². The molecule has 0 bridgehead atoms. The molecule has 1 aromatic carbocycles. The SMILES string of the molecule is COC(=O)c1cc(-c2ncc(C(F)(F)F)cc2Cl)ccc1Cl. The molecular weight excluding hydrogens is 342 g/mol. The van der Waals surface area contributed by atoms with Crippen LogP contribution in [-0.2, 0) is 10.9 Å². The number of carbonyl (C=O) groups excluding carboxylic acids is 1. The molecule has 3 nitrogen and oxygen atoms in total. The number of nitrogens with zero attached hydrogens (tertiary/aromatic N) is 1. The van der Waals surface area contributed by atoms with Gasteiger partial charge in [-0.25, -0.2) is 4.79 Å². The lowest BCUT2D eigenvalue weighted by molar-refractivity contribution is -0.137. The summed E-state index contributed by atoms with van der Waals surface area (Å²) in [5.41, 5.74) is -0.428. The van der Waals surface area contributed by atoms with Crippen molar-refractivity contribution in [3.8, 4) is 11.3 Å². The van der Waals surface area contributed by atoms with Crippen molar-refractivity contribution in [2.75, 3.05) is 7.11 Å². The van der Waals surface area contributed by atoms with E-state index < -0.39 is 17.7 Å². The molecule has 0 aliphatic heterocycles. The van der Waals surface area contributed by atoms with Crippen molar-refractivity contribution < 1.29 is 22.7 Å². The van der Waals surface area contributed by atoms with Gasteiger partial charge in [-0.05, 0) is 18.2 Å². The number of rotatable bonds is 2. The second kappa shape index (κ2) is 6.14. The molecule has 0 aliphatic carbocycles. The summed E-state index contributed by atoms with van der Waals surface area (Å²) >= 11 is 11.7. The van der Waals surface area contributed by atoms with Gasteiger partial charge in [-0.3, -0.25) is 4.98 Å². The van der Waals surface area contributed by atoms with Gasteiger partial charge in [-0.15, -0.1) is 0 Å². The summed E-state index contributed by atoms with van der Waals surface area (Å²) in [6, 6.07) is 5.04. The van der Waals surface area contributed by atoms with E-state index in [9.17, 15) is 18.0 Å². The molecule has 0 spiro atoms. The molecule has 0 radical (unpaired) electrons. The molecular formula is C14H8Cl2F3NO2. The molecule has 116 valence electrons. The fraction of sp³-hybridized carbons (Fsp3) is 0.143. The predicted molar refractivity (Wildman–Crippen MR) is 76.0 cm³/mol. The summed E-state index contributed by atoms with van der Waals surface area (Å²) in [6.45, 7) is 0. The summed E-state index contributed by atoms with van der Waals surface area (Å²) in [4.78, 5) is 15.3. The number of hydrogen-bond acceptors (Lipinski definition) is 3. The van der Waals surface area contributed by atoms with Crippen molar-refractivity contribution in [2.24, 2.45) is 0 Å². The van der Waals surface area contributed by atoms with E-state index in [4.69, 9.17) is 23.2 Å². The molecule has 22 heavy (non-hydrogen) atoms. The number of halogens is 5. The third-order valence-electron chi connectivity index (χ3n) is 2.81. The van der Waals surface area contributed by atoms with Gasteiger partial charge in [-0.2, -0.15) is 13.2 Å². The summed E-state index contributed by atoms with van der Waals surface area (Å²) in [7, 11) is 1.19. The molecule has 0 amide bonds. The van der Waals surface area contributed by atoms with Crippen LogP contribution >= 0.6 is 23.2 Å². The predicted octanol–water partition coefficient (Wildman–Crippen LogP) is 4.86. The molecule has 0 unspecified atom stereocenters. The maximum Gasteiger partial charge on any atom is 0.417 e. The molecule has 1 heterocycles. The van der Waals surface area contributed by atoms with Crippen molar-refractivity contribution in [3.05, 3.63) is 51.6 Å². The molecule has 0 aliphatic rings. The Morgan fingerprint density at radius 2 is 1.86 bits per heavy atom. The molecule has 0 fully saturated rings. The van der Waals surface area contributed by atoms with Gasteiger partial charge in [0.05, 0.1) is 34.0 Å². The monoisotopic (exact) mass is 349 g/mol. The minimum Gasteiger partial charge on any atom is -0.465 e. The fourth-order valence-corrected chi connectivity index (χ4v) is 2.21. The largest absolute Gasteiger partial charge is 0.465 e. The van der Waals surface area contributed by atoms with Gasteiger partial charge in [0, 0.05) is 11.8 Å². The van der Waals surface area contributed by atoms with Crippen LogP contribution in [0.25, 0.3) is 11.3 Å². The van der Waals surface area contributed by atoms with Crippen molar-refractivity contribution in [1.82, 2.24) is 4.98 Å². The average Bonchev–Trinajstić information content (AvgIpc) is 2.46. The number of alkyl halides is 3. The lowest BCUT2D eigenvalue weighted by Gasteiger charge is -2.10. The highest BCUT2D eigenvalue weighted by molar-refractivity contribution is 6.34. The standard InChI is InChI=1S/C14H8Cl2F3NO2/c1-22-13(21)9-4-7(2-3-10(9)15)12-11(16)5-8(6-20-12)14(17,18)19/h2-6H,1H3. The van der Waals surface area contributed by atoms with E-state index in [-0.39, 0.29) is 21.3 Å². The molecule has 0 saturated heterocycles. The minimum absolute atomic E-state index is 0.0689. The highest BCUT2D eigenvalue weighted by Gasteiger charge is 2.31. The van der Waals surface area contributed by atoms with E-state index in [2.05, 4.69) is 9.72 Å². The number of benzene rings is 1. The van der Waals surface area contributed by atoms with E-state index in [1.54, 1.807) is 0 Å². The minimum atomic E-state index is -4.54. The highest BCUT2D eigenvalue weighted by Crippen LogP contribution is 2.34.